The van der Waals surface area contributed by atoms with Gasteiger partial charge in [-0.15, -0.1) is 0 Å². The molecule has 1 aliphatic heterocycles. The molecular weight excluding hydrogens is 358 g/mol. The molecule has 3 rings (SSSR count). The highest BCUT2D eigenvalue weighted by Crippen LogP contribution is 2.31. The van der Waals surface area contributed by atoms with Crippen LogP contribution < -0.4 is 15.9 Å². The van der Waals surface area contributed by atoms with E-state index in [2.05, 4.69) is 4.98 Å². The number of methoxy groups -OCH3 is 1. The average molecular weight is 374 g/mol. The zero-order chi connectivity index (χ0) is 18.5. The molecule has 0 radical (unpaired) electrons. The first kappa shape index (κ1) is 17.8. The van der Waals surface area contributed by atoms with Gasteiger partial charge in [-0.05, 0) is 6.92 Å². The maximum absolute atomic E-state index is 12.7. The highest BCUT2D eigenvalue weighted by molar-refractivity contribution is 6.32. The summed E-state index contributed by atoms with van der Waals surface area (Å²) in [5, 5.41) is 29.0. The van der Waals surface area contributed by atoms with Crippen LogP contribution in [-0.4, -0.2) is 61.5 Å². The molecule has 0 aliphatic carbocycles. The number of hydrogen-bond acceptors (Lipinski definition) is 8. The third-order valence-electron chi connectivity index (χ3n) is 4.00. The second kappa shape index (κ2) is 6.39. The molecule has 25 heavy (non-hydrogen) atoms. The van der Waals surface area contributed by atoms with Crippen molar-refractivity contribution in [3.63, 3.8) is 0 Å². The van der Waals surface area contributed by atoms with Crippen LogP contribution in [-0.2, 0) is 4.74 Å². The van der Waals surface area contributed by atoms with Gasteiger partial charge >= 0.3 is 0 Å². The van der Waals surface area contributed by atoms with Gasteiger partial charge in [-0.3, -0.25) is 9.59 Å². The smallest absolute Gasteiger partial charge is 0.290 e. The third kappa shape index (κ3) is 2.62. The number of aliphatic hydroxyl groups excluding tert-OH is 3. The van der Waals surface area contributed by atoms with E-state index in [-0.39, 0.29) is 16.4 Å². The second-order valence-electron chi connectivity index (χ2n) is 5.60. The average Bonchev–Trinajstić information content (AvgIpc) is 2.85. The summed E-state index contributed by atoms with van der Waals surface area (Å²) in [5.74, 6) is -0.101. The summed E-state index contributed by atoms with van der Waals surface area (Å²) >= 11 is 6.05. The first-order valence-corrected chi connectivity index (χ1v) is 7.70. The van der Waals surface area contributed by atoms with Gasteiger partial charge in [0.05, 0.1) is 13.7 Å². The van der Waals surface area contributed by atoms with E-state index < -0.39 is 42.3 Å². The molecule has 0 spiro atoms. The van der Waals surface area contributed by atoms with Crippen molar-refractivity contribution in [1.82, 2.24) is 14.2 Å². The molecule has 3 heterocycles. The molecule has 2 aromatic rings. The van der Waals surface area contributed by atoms with E-state index >= 15 is 0 Å². The van der Waals surface area contributed by atoms with Gasteiger partial charge in [0.2, 0.25) is 0 Å². The second-order valence-corrected chi connectivity index (χ2v) is 5.97. The van der Waals surface area contributed by atoms with Gasteiger partial charge < -0.3 is 24.8 Å². The van der Waals surface area contributed by atoms with Crippen molar-refractivity contribution in [2.75, 3.05) is 13.7 Å². The number of aromatic nitrogens is 3. The molecule has 10 nitrogen and oxygen atoms in total. The number of aryl methyl sites for hydroxylation is 1. The molecule has 0 aromatic carbocycles. The van der Waals surface area contributed by atoms with Crippen LogP contribution in [0.25, 0.3) is 5.65 Å². The Morgan fingerprint density at radius 2 is 2.04 bits per heavy atom. The predicted octanol–water partition coefficient (Wildman–Crippen LogP) is -1.56. The first-order valence-electron chi connectivity index (χ1n) is 7.33. The minimum absolute atomic E-state index is 0.0464. The topological polar surface area (TPSA) is 136 Å². The maximum Gasteiger partial charge on any atom is 0.290 e. The summed E-state index contributed by atoms with van der Waals surface area (Å²) in [6.45, 7) is 0.994. The van der Waals surface area contributed by atoms with Crippen LogP contribution in [0.3, 0.4) is 0 Å². The molecule has 0 saturated carbocycles. The lowest BCUT2D eigenvalue weighted by molar-refractivity contribution is -0.0632. The normalized spacial score (nSPS) is 26.3. The molecule has 0 bridgehead atoms. The lowest BCUT2D eigenvalue weighted by Gasteiger charge is -2.21. The maximum atomic E-state index is 12.7. The minimum atomic E-state index is -1.57. The lowest BCUT2D eigenvalue weighted by Crippen LogP contribution is -2.41. The number of aliphatic hydroxyl groups is 3. The summed E-state index contributed by atoms with van der Waals surface area (Å²) in [5.41, 5.74) is -1.19. The fourth-order valence-corrected chi connectivity index (χ4v) is 3.07. The standard InChI is InChI=1S/C14H16ClN3O7/c1-5-3-7(20)17-12(16-5)11(24-2)8(15)13(23)18(17)14-10(22)9(21)6(4-19)25-14/h3,6,9-10,14,19,21-22H,4H2,1-2H3/t6-,9-,10-,14-/m1/s1. The minimum Gasteiger partial charge on any atom is -0.491 e. The molecule has 1 saturated heterocycles. The summed E-state index contributed by atoms with van der Waals surface area (Å²) in [6, 6.07) is 1.18. The Bertz CT molecular complexity index is 941. The zero-order valence-electron chi connectivity index (χ0n) is 13.3. The van der Waals surface area contributed by atoms with Gasteiger partial charge in [0.15, 0.2) is 22.6 Å². The van der Waals surface area contributed by atoms with E-state index in [1.54, 1.807) is 6.92 Å². The largest absolute Gasteiger partial charge is 0.491 e. The Kier molecular flexibility index (Phi) is 4.56. The molecule has 2 aromatic heterocycles. The van der Waals surface area contributed by atoms with Gasteiger partial charge in [-0.1, -0.05) is 11.6 Å². The molecule has 4 atom stereocenters. The highest BCUT2D eigenvalue weighted by atomic mass is 35.5. The van der Waals surface area contributed by atoms with Crippen LogP contribution in [0.2, 0.25) is 5.02 Å². The van der Waals surface area contributed by atoms with Crippen molar-refractivity contribution in [1.29, 1.82) is 0 Å². The third-order valence-corrected chi connectivity index (χ3v) is 4.33. The predicted molar refractivity (Wildman–Crippen MR) is 85.0 cm³/mol. The van der Waals surface area contributed by atoms with Crippen LogP contribution in [0.1, 0.15) is 11.9 Å². The van der Waals surface area contributed by atoms with Gasteiger partial charge in [0, 0.05) is 11.8 Å². The van der Waals surface area contributed by atoms with Crippen molar-refractivity contribution in [2.45, 2.75) is 31.5 Å². The first-order chi connectivity index (χ1) is 11.8. The Balaban J connectivity index is 2.38. The van der Waals surface area contributed by atoms with Crippen molar-refractivity contribution in [3.8, 4) is 5.75 Å². The van der Waals surface area contributed by atoms with Crippen molar-refractivity contribution >= 4 is 17.2 Å². The molecule has 3 N–H and O–H groups in total. The van der Waals surface area contributed by atoms with Crippen LogP contribution in [0, 0.1) is 6.92 Å². The van der Waals surface area contributed by atoms with Crippen molar-refractivity contribution in [3.05, 3.63) is 37.5 Å². The molecule has 1 aliphatic rings. The van der Waals surface area contributed by atoms with E-state index in [0.717, 1.165) is 9.20 Å². The summed E-state index contributed by atoms with van der Waals surface area (Å²) in [7, 11) is 1.27. The fourth-order valence-electron chi connectivity index (χ4n) is 2.83. The molecule has 0 amide bonds. The van der Waals surface area contributed by atoms with Crippen LogP contribution >= 0.6 is 11.6 Å². The van der Waals surface area contributed by atoms with E-state index in [0.29, 0.717) is 5.69 Å². The van der Waals surface area contributed by atoms with Gasteiger partial charge in [-0.25, -0.2) is 9.67 Å². The Hall–Kier alpha value is -1.98. The van der Waals surface area contributed by atoms with Gasteiger partial charge in [-0.2, -0.15) is 4.52 Å². The summed E-state index contributed by atoms with van der Waals surface area (Å²) < 4.78 is 12.1. The van der Waals surface area contributed by atoms with E-state index in [9.17, 15) is 24.9 Å². The van der Waals surface area contributed by atoms with E-state index in [4.69, 9.17) is 21.1 Å². The number of halogens is 1. The Labute approximate surface area is 145 Å². The van der Waals surface area contributed by atoms with Gasteiger partial charge in [0.25, 0.3) is 11.1 Å². The monoisotopic (exact) mass is 373 g/mol. The molecular formula is C14H16ClN3O7. The Morgan fingerprint density at radius 1 is 1.36 bits per heavy atom. The van der Waals surface area contributed by atoms with Crippen LogP contribution in [0.15, 0.2) is 15.7 Å². The number of hydrogen-bond donors (Lipinski definition) is 3. The van der Waals surface area contributed by atoms with Gasteiger partial charge in [0.1, 0.15) is 18.3 Å². The summed E-state index contributed by atoms with van der Waals surface area (Å²) in [6.07, 6.45) is -5.60. The Morgan fingerprint density at radius 3 is 2.60 bits per heavy atom. The van der Waals surface area contributed by atoms with Crippen molar-refractivity contribution in [2.24, 2.45) is 0 Å². The zero-order valence-corrected chi connectivity index (χ0v) is 14.0. The molecule has 0 unspecified atom stereocenters. The van der Waals surface area contributed by atoms with Crippen molar-refractivity contribution < 1.29 is 24.8 Å². The number of fused-ring (bicyclic) bond motifs is 1. The quantitative estimate of drug-likeness (QED) is 0.587. The van der Waals surface area contributed by atoms with Crippen LogP contribution in [0.4, 0.5) is 0 Å². The van der Waals surface area contributed by atoms with E-state index in [1.807, 2.05) is 0 Å². The fraction of sp³-hybridized carbons (Fsp3) is 0.500. The number of ether oxygens (including phenoxy) is 2. The molecule has 136 valence electrons. The molecule has 1 fully saturated rings. The van der Waals surface area contributed by atoms with E-state index in [1.165, 1.54) is 13.2 Å². The number of nitrogens with zero attached hydrogens (tertiary/aromatic N) is 3. The van der Waals surface area contributed by atoms with Crippen LogP contribution in [0.5, 0.6) is 5.75 Å². The lowest BCUT2D eigenvalue weighted by atomic mass is 10.1. The highest BCUT2D eigenvalue weighted by Gasteiger charge is 2.45. The summed E-state index contributed by atoms with van der Waals surface area (Å²) in [4.78, 5) is 29.3. The molecule has 11 heteroatoms. The SMILES string of the molecule is COc1c(Cl)c(=O)n([C@@H]2O[C@H](CO)[C@@H](O)[C@H]2O)n2c(=O)cc(C)nc12. The number of rotatable bonds is 3.